The zero-order valence-corrected chi connectivity index (χ0v) is 13.7. The predicted octanol–water partition coefficient (Wildman–Crippen LogP) is 3.42. The number of allylic oxidation sites excluding steroid dienone is 3. The van der Waals surface area contributed by atoms with Crippen LogP contribution in [0.2, 0.25) is 0 Å². The molecule has 0 saturated carbocycles. The number of hydrogen-bond donors (Lipinski definition) is 0. The van der Waals surface area contributed by atoms with Crippen LogP contribution in [0.4, 0.5) is 0 Å². The fraction of sp³-hybridized carbons (Fsp3) is 0.647. The highest BCUT2D eigenvalue weighted by atomic mass is 16.6. The summed E-state index contributed by atoms with van der Waals surface area (Å²) in [4.78, 5) is 24.9. The third-order valence-electron chi connectivity index (χ3n) is 3.84. The summed E-state index contributed by atoms with van der Waals surface area (Å²) in [5, 5.41) is 0. The molecule has 0 spiro atoms. The van der Waals surface area contributed by atoms with Crippen molar-refractivity contribution in [2.24, 2.45) is 10.8 Å². The van der Waals surface area contributed by atoms with Gasteiger partial charge in [0.15, 0.2) is 5.41 Å². The van der Waals surface area contributed by atoms with E-state index in [1.54, 1.807) is 19.9 Å². The molecule has 0 amide bonds. The van der Waals surface area contributed by atoms with Gasteiger partial charge in [0.25, 0.3) is 0 Å². The molecule has 1 aliphatic carbocycles. The molecule has 0 aliphatic heterocycles. The van der Waals surface area contributed by atoms with Crippen LogP contribution in [0.25, 0.3) is 0 Å². The van der Waals surface area contributed by atoms with Crippen molar-refractivity contribution < 1.29 is 19.1 Å². The lowest BCUT2D eigenvalue weighted by Gasteiger charge is -2.27. The SMILES string of the molecule is C=CC1=C(C(C)(C)C)CC(C(=O)OCC)(C(=O)OCC)C1. The molecule has 0 atom stereocenters. The van der Waals surface area contributed by atoms with Gasteiger partial charge in [0, 0.05) is 0 Å². The second-order valence-corrected chi connectivity index (χ2v) is 6.33. The van der Waals surface area contributed by atoms with Crippen LogP contribution >= 0.6 is 0 Å². The second kappa shape index (κ2) is 6.46. The Morgan fingerprint density at radius 2 is 1.62 bits per heavy atom. The standard InChI is InChI=1S/C17H26O4/c1-7-12-10-17(14(18)20-8-2,15(19)21-9-3)11-13(12)16(4,5)6/h7H,1,8-11H2,2-6H3. The van der Waals surface area contributed by atoms with Crippen molar-refractivity contribution in [2.45, 2.75) is 47.5 Å². The highest BCUT2D eigenvalue weighted by Crippen LogP contribution is 2.50. The van der Waals surface area contributed by atoms with Gasteiger partial charge in [-0.2, -0.15) is 0 Å². The molecule has 0 radical (unpaired) electrons. The summed E-state index contributed by atoms with van der Waals surface area (Å²) in [5.74, 6) is -0.996. The molecule has 0 aromatic heterocycles. The molecule has 0 saturated heterocycles. The molecule has 0 unspecified atom stereocenters. The van der Waals surface area contributed by atoms with E-state index in [9.17, 15) is 9.59 Å². The highest BCUT2D eigenvalue weighted by molar-refractivity contribution is 6.01. The first kappa shape index (κ1) is 17.5. The summed E-state index contributed by atoms with van der Waals surface area (Å²) in [7, 11) is 0. The third kappa shape index (κ3) is 3.36. The maximum atomic E-state index is 12.4. The van der Waals surface area contributed by atoms with Crippen LogP contribution in [-0.2, 0) is 19.1 Å². The smallest absolute Gasteiger partial charge is 0.324 e. The van der Waals surface area contributed by atoms with Crippen molar-refractivity contribution in [3.8, 4) is 0 Å². The van der Waals surface area contributed by atoms with Crippen molar-refractivity contribution in [3.63, 3.8) is 0 Å². The molecule has 4 heteroatoms. The molecular formula is C17H26O4. The molecule has 1 aliphatic rings. The van der Waals surface area contributed by atoms with Gasteiger partial charge in [0.1, 0.15) is 0 Å². The Kier molecular flexibility index (Phi) is 5.37. The third-order valence-corrected chi connectivity index (χ3v) is 3.84. The Morgan fingerprint density at radius 3 is 1.90 bits per heavy atom. The van der Waals surface area contributed by atoms with E-state index >= 15 is 0 Å². The summed E-state index contributed by atoms with van der Waals surface area (Å²) in [6.45, 7) is 14.0. The van der Waals surface area contributed by atoms with Gasteiger partial charge in [-0.25, -0.2) is 0 Å². The van der Waals surface area contributed by atoms with Gasteiger partial charge in [-0.3, -0.25) is 9.59 Å². The highest BCUT2D eigenvalue weighted by Gasteiger charge is 2.54. The first-order valence-electron chi connectivity index (χ1n) is 7.42. The number of ether oxygens (including phenoxy) is 2. The minimum Gasteiger partial charge on any atom is -0.465 e. The van der Waals surface area contributed by atoms with Crippen LogP contribution in [0, 0.1) is 10.8 Å². The number of hydrogen-bond acceptors (Lipinski definition) is 4. The van der Waals surface area contributed by atoms with E-state index in [2.05, 4.69) is 27.4 Å². The van der Waals surface area contributed by atoms with Crippen molar-refractivity contribution in [2.75, 3.05) is 13.2 Å². The number of carbonyl (C=O) groups is 2. The van der Waals surface area contributed by atoms with Crippen LogP contribution in [0.3, 0.4) is 0 Å². The molecule has 0 aromatic carbocycles. The largest absolute Gasteiger partial charge is 0.465 e. The summed E-state index contributed by atoms with van der Waals surface area (Å²) < 4.78 is 10.3. The topological polar surface area (TPSA) is 52.6 Å². The zero-order valence-electron chi connectivity index (χ0n) is 13.7. The van der Waals surface area contributed by atoms with E-state index in [-0.39, 0.29) is 18.6 Å². The summed E-state index contributed by atoms with van der Waals surface area (Å²) >= 11 is 0. The van der Waals surface area contributed by atoms with E-state index in [1.807, 2.05) is 0 Å². The van der Waals surface area contributed by atoms with Gasteiger partial charge in [-0.15, -0.1) is 0 Å². The van der Waals surface area contributed by atoms with Gasteiger partial charge in [-0.1, -0.05) is 39.0 Å². The monoisotopic (exact) mass is 294 g/mol. The first-order valence-corrected chi connectivity index (χ1v) is 7.42. The molecule has 0 heterocycles. The Labute approximate surface area is 127 Å². The van der Waals surface area contributed by atoms with E-state index in [0.717, 1.165) is 11.1 Å². The fourth-order valence-electron chi connectivity index (χ4n) is 2.76. The van der Waals surface area contributed by atoms with Gasteiger partial charge in [-0.05, 0) is 37.7 Å². The lowest BCUT2D eigenvalue weighted by Crippen LogP contribution is -2.41. The maximum Gasteiger partial charge on any atom is 0.324 e. The Hall–Kier alpha value is -1.58. The molecule has 0 N–H and O–H groups in total. The Balaban J connectivity index is 3.23. The summed E-state index contributed by atoms with van der Waals surface area (Å²) in [6.07, 6.45) is 2.39. The lowest BCUT2D eigenvalue weighted by atomic mass is 9.78. The fourth-order valence-corrected chi connectivity index (χ4v) is 2.76. The quantitative estimate of drug-likeness (QED) is 0.576. The first-order chi connectivity index (χ1) is 9.72. The Bertz CT molecular complexity index is 448. The summed E-state index contributed by atoms with van der Waals surface area (Å²) in [5.41, 5.74) is 0.629. The average Bonchev–Trinajstić information content (AvgIpc) is 2.80. The van der Waals surface area contributed by atoms with Crippen LogP contribution in [0.15, 0.2) is 23.8 Å². The number of rotatable bonds is 5. The minimum atomic E-state index is -1.25. The van der Waals surface area contributed by atoms with E-state index < -0.39 is 17.4 Å². The summed E-state index contributed by atoms with van der Waals surface area (Å²) in [6, 6.07) is 0. The molecule has 21 heavy (non-hydrogen) atoms. The second-order valence-electron chi connectivity index (χ2n) is 6.33. The molecule has 4 nitrogen and oxygen atoms in total. The lowest BCUT2D eigenvalue weighted by molar-refractivity contribution is -0.171. The van der Waals surface area contributed by atoms with E-state index in [1.165, 1.54) is 0 Å². The van der Waals surface area contributed by atoms with E-state index in [4.69, 9.17) is 9.47 Å². The van der Waals surface area contributed by atoms with Gasteiger partial charge in [0.05, 0.1) is 13.2 Å². The van der Waals surface area contributed by atoms with Crippen LogP contribution in [0.5, 0.6) is 0 Å². The van der Waals surface area contributed by atoms with Crippen molar-refractivity contribution >= 4 is 11.9 Å². The average molecular weight is 294 g/mol. The zero-order chi connectivity index (χ0) is 16.3. The van der Waals surface area contributed by atoms with E-state index in [0.29, 0.717) is 12.8 Å². The predicted molar refractivity (Wildman–Crippen MR) is 81.6 cm³/mol. The van der Waals surface area contributed by atoms with Gasteiger partial charge < -0.3 is 9.47 Å². The van der Waals surface area contributed by atoms with Crippen LogP contribution in [-0.4, -0.2) is 25.2 Å². The van der Waals surface area contributed by atoms with Crippen molar-refractivity contribution in [1.29, 1.82) is 0 Å². The van der Waals surface area contributed by atoms with Gasteiger partial charge in [0.2, 0.25) is 0 Å². The normalized spacial score (nSPS) is 17.6. The number of esters is 2. The van der Waals surface area contributed by atoms with Gasteiger partial charge >= 0.3 is 11.9 Å². The molecule has 118 valence electrons. The van der Waals surface area contributed by atoms with Crippen molar-refractivity contribution in [1.82, 2.24) is 0 Å². The maximum absolute atomic E-state index is 12.4. The molecule has 1 rings (SSSR count). The molecular weight excluding hydrogens is 268 g/mol. The molecule has 0 aromatic rings. The minimum absolute atomic E-state index is 0.135. The molecule has 0 fully saturated rings. The van der Waals surface area contributed by atoms with Crippen molar-refractivity contribution in [3.05, 3.63) is 23.8 Å². The Morgan fingerprint density at radius 1 is 1.14 bits per heavy atom. The number of carbonyl (C=O) groups excluding carboxylic acids is 2. The van der Waals surface area contributed by atoms with Crippen LogP contribution < -0.4 is 0 Å². The van der Waals surface area contributed by atoms with Crippen LogP contribution in [0.1, 0.15) is 47.5 Å². The molecule has 0 bridgehead atoms.